The van der Waals surface area contributed by atoms with Gasteiger partial charge in [0.1, 0.15) is 5.75 Å². The smallest absolute Gasteiger partial charge is 0.120 e. The average molecular weight is 300 g/mol. The first-order chi connectivity index (χ1) is 8.04. The summed E-state index contributed by atoms with van der Waals surface area (Å²) in [6.07, 6.45) is 2.41. The average Bonchev–Trinajstić information content (AvgIpc) is 2.26. The summed E-state index contributed by atoms with van der Waals surface area (Å²) in [4.78, 5) is 0. The van der Waals surface area contributed by atoms with E-state index in [9.17, 15) is 0 Å². The lowest BCUT2D eigenvalue weighted by molar-refractivity contribution is 0.251. The molecule has 3 heteroatoms. The van der Waals surface area contributed by atoms with Gasteiger partial charge in [0.15, 0.2) is 0 Å². The molecule has 0 aromatic heterocycles. The van der Waals surface area contributed by atoms with Gasteiger partial charge in [-0.3, -0.25) is 0 Å². The van der Waals surface area contributed by atoms with Crippen molar-refractivity contribution in [1.82, 2.24) is 0 Å². The minimum absolute atomic E-state index is 0.0393. The Bertz CT molecular complexity index is 352. The Morgan fingerprint density at radius 1 is 1.35 bits per heavy atom. The molecule has 96 valence electrons. The molecule has 1 rings (SSSR count). The van der Waals surface area contributed by atoms with Gasteiger partial charge < -0.3 is 10.5 Å². The molecular formula is C14H22BrNO. The molecule has 1 aromatic rings. The van der Waals surface area contributed by atoms with E-state index in [1.807, 2.05) is 25.1 Å². The molecule has 1 unspecified atom stereocenters. The highest BCUT2D eigenvalue weighted by Gasteiger charge is 2.07. The molecule has 0 heterocycles. The van der Waals surface area contributed by atoms with Gasteiger partial charge in [0.2, 0.25) is 0 Å². The van der Waals surface area contributed by atoms with E-state index < -0.39 is 0 Å². The number of hydrogen-bond acceptors (Lipinski definition) is 2. The van der Waals surface area contributed by atoms with Crippen LogP contribution in [0.25, 0.3) is 0 Å². The summed E-state index contributed by atoms with van der Waals surface area (Å²) in [5.74, 6) is 1.51. The molecule has 17 heavy (non-hydrogen) atoms. The molecule has 0 radical (unpaired) electrons. The first kappa shape index (κ1) is 14.5. The number of rotatable bonds is 6. The zero-order valence-corrected chi connectivity index (χ0v) is 12.5. The van der Waals surface area contributed by atoms with Gasteiger partial charge in [0.25, 0.3) is 0 Å². The van der Waals surface area contributed by atoms with E-state index >= 15 is 0 Å². The van der Waals surface area contributed by atoms with E-state index in [2.05, 4.69) is 29.8 Å². The molecule has 0 amide bonds. The van der Waals surface area contributed by atoms with Crippen molar-refractivity contribution in [3.05, 3.63) is 28.2 Å². The monoisotopic (exact) mass is 299 g/mol. The van der Waals surface area contributed by atoms with Crippen molar-refractivity contribution < 1.29 is 4.74 Å². The summed E-state index contributed by atoms with van der Waals surface area (Å²) >= 11 is 3.53. The van der Waals surface area contributed by atoms with Gasteiger partial charge in [-0.05, 0) is 37.0 Å². The van der Waals surface area contributed by atoms with Gasteiger partial charge in [-0.2, -0.15) is 0 Å². The molecule has 1 aromatic carbocycles. The maximum Gasteiger partial charge on any atom is 0.120 e. The van der Waals surface area contributed by atoms with Crippen LogP contribution >= 0.6 is 15.9 Å². The summed E-state index contributed by atoms with van der Waals surface area (Å²) in [6.45, 7) is 7.17. The van der Waals surface area contributed by atoms with Gasteiger partial charge in [0, 0.05) is 10.5 Å². The summed E-state index contributed by atoms with van der Waals surface area (Å²) < 4.78 is 6.79. The Morgan fingerprint density at radius 2 is 2.06 bits per heavy atom. The summed E-state index contributed by atoms with van der Waals surface area (Å²) in [5.41, 5.74) is 6.97. The molecule has 0 aliphatic heterocycles. The Hall–Kier alpha value is -0.540. The second-order valence-corrected chi connectivity index (χ2v) is 5.53. The molecule has 2 N–H and O–H groups in total. The van der Waals surface area contributed by atoms with Crippen LogP contribution in [0.3, 0.4) is 0 Å². The van der Waals surface area contributed by atoms with Crippen LogP contribution in [0.15, 0.2) is 22.7 Å². The highest BCUT2D eigenvalue weighted by atomic mass is 79.9. The third-order valence-electron chi connectivity index (χ3n) is 2.78. The zero-order valence-electron chi connectivity index (χ0n) is 10.9. The highest BCUT2D eigenvalue weighted by Crippen LogP contribution is 2.27. The maximum absolute atomic E-state index is 5.86. The Balaban J connectivity index is 2.58. The number of halogens is 1. The quantitative estimate of drug-likeness (QED) is 0.851. The lowest BCUT2D eigenvalue weighted by atomic mass is 10.1. The fourth-order valence-electron chi connectivity index (χ4n) is 1.78. The molecule has 0 aliphatic rings. The minimum atomic E-state index is 0.0393. The normalized spacial score (nSPS) is 14.4. The molecule has 0 saturated carbocycles. The van der Waals surface area contributed by atoms with Crippen LogP contribution < -0.4 is 10.5 Å². The van der Waals surface area contributed by atoms with E-state index in [1.54, 1.807) is 0 Å². The Morgan fingerprint density at radius 3 is 2.59 bits per heavy atom. The van der Waals surface area contributed by atoms with Crippen LogP contribution in [0.2, 0.25) is 0 Å². The van der Waals surface area contributed by atoms with E-state index in [4.69, 9.17) is 10.5 Å². The number of benzene rings is 1. The second kappa shape index (κ2) is 7.02. The molecular weight excluding hydrogens is 278 g/mol. The van der Waals surface area contributed by atoms with Crippen LogP contribution in [0.4, 0.5) is 0 Å². The standard InChI is InChI=1S/C14H22BrNO/c1-4-5-10(2)9-17-12-6-7-13(11(3)16)14(15)8-12/h6-8,10-11H,4-5,9,16H2,1-3H3/t10?,11-/m1/s1. The van der Waals surface area contributed by atoms with Crippen LogP contribution in [0.5, 0.6) is 5.75 Å². The van der Waals surface area contributed by atoms with Crippen LogP contribution in [-0.2, 0) is 0 Å². The third-order valence-corrected chi connectivity index (χ3v) is 3.47. The van der Waals surface area contributed by atoms with Crippen molar-refractivity contribution in [3.63, 3.8) is 0 Å². The first-order valence-electron chi connectivity index (χ1n) is 6.22. The van der Waals surface area contributed by atoms with Crippen LogP contribution in [0, 0.1) is 5.92 Å². The predicted octanol–water partition coefficient (Wildman–Crippen LogP) is 4.28. The van der Waals surface area contributed by atoms with Gasteiger partial charge in [-0.1, -0.05) is 42.3 Å². The SMILES string of the molecule is CCCC(C)COc1ccc([C@@H](C)N)c(Br)c1. The van der Waals surface area contributed by atoms with Crippen molar-refractivity contribution in [3.8, 4) is 5.75 Å². The summed E-state index contributed by atoms with van der Waals surface area (Å²) in [7, 11) is 0. The lowest BCUT2D eigenvalue weighted by Gasteiger charge is -2.14. The fourth-order valence-corrected chi connectivity index (χ4v) is 2.50. The van der Waals surface area contributed by atoms with E-state index in [1.165, 1.54) is 12.8 Å². The van der Waals surface area contributed by atoms with Gasteiger partial charge in [-0.15, -0.1) is 0 Å². The molecule has 0 saturated heterocycles. The number of ether oxygens (including phenoxy) is 1. The van der Waals surface area contributed by atoms with E-state index in [0.29, 0.717) is 5.92 Å². The van der Waals surface area contributed by atoms with E-state index in [0.717, 1.165) is 22.4 Å². The van der Waals surface area contributed by atoms with Crippen molar-refractivity contribution in [2.75, 3.05) is 6.61 Å². The highest BCUT2D eigenvalue weighted by molar-refractivity contribution is 9.10. The van der Waals surface area contributed by atoms with Gasteiger partial charge in [0.05, 0.1) is 6.61 Å². The predicted molar refractivity (Wildman–Crippen MR) is 76.3 cm³/mol. The van der Waals surface area contributed by atoms with Gasteiger partial charge >= 0.3 is 0 Å². The van der Waals surface area contributed by atoms with E-state index in [-0.39, 0.29) is 6.04 Å². The lowest BCUT2D eigenvalue weighted by Crippen LogP contribution is -2.09. The second-order valence-electron chi connectivity index (χ2n) is 4.68. The number of hydrogen-bond donors (Lipinski definition) is 1. The van der Waals surface area contributed by atoms with Crippen LogP contribution in [0.1, 0.15) is 45.2 Å². The summed E-state index contributed by atoms with van der Waals surface area (Å²) in [5, 5.41) is 0. The van der Waals surface area contributed by atoms with Crippen LogP contribution in [-0.4, -0.2) is 6.61 Å². The Kier molecular flexibility index (Phi) is 6.00. The maximum atomic E-state index is 5.86. The molecule has 0 bridgehead atoms. The molecule has 0 aliphatic carbocycles. The number of nitrogens with two attached hydrogens (primary N) is 1. The molecule has 2 nitrogen and oxygen atoms in total. The van der Waals surface area contributed by atoms with Crippen molar-refractivity contribution in [1.29, 1.82) is 0 Å². The minimum Gasteiger partial charge on any atom is -0.493 e. The topological polar surface area (TPSA) is 35.2 Å². The fraction of sp³-hybridized carbons (Fsp3) is 0.571. The zero-order chi connectivity index (χ0) is 12.8. The first-order valence-corrected chi connectivity index (χ1v) is 7.01. The molecule has 0 spiro atoms. The summed E-state index contributed by atoms with van der Waals surface area (Å²) in [6, 6.07) is 6.05. The third kappa shape index (κ3) is 4.68. The molecule has 0 fully saturated rings. The van der Waals surface area contributed by atoms with Crippen molar-refractivity contribution >= 4 is 15.9 Å². The Labute approximate surface area is 113 Å². The largest absolute Gasteiger partial charge is 0.493 e. The van der Waals surface area contributed by atoms with Crippen molar-refractivity contribution in [2.45, 2.75) is 39.7 Å². The molecule has 2 atom stereocenters. The van der Waals surface area contributed by atoms with Crippen molar-refractivity contribution in [2.24, 2.45) is 11.7 Å². The van der Waals surface area contributed by atoms with Gasteiger partial charge in [-0.25, -0.2) is 0 Å².